The van der Waals surface area contributed by atoms with Gasteiger partial charge in [0.25, 0.3) is 0 Å². The number of benzene rings is 2. The third-order valence-electron chi connectivity index (χ3n) is 3.80. The number of aryl methyl sites for hydroxylation is 1. The van der Waals surface area contributed by atoms with Crippen molar-refractivity contribution >= 4 is 31.9 Å². The number of hydrogen-bond acceptors (Lipinski definition) is 0. The van der Waals surface area contributed by atoms with Crippen LogP contribution in [0.4, 0.5) is 8.78 Å². The maximum absolute atomic E-state index is 14.2. The summed E-state index contributed by atoms with van der Waals surface area (Å²) in [6.45, 7) is 1.95. The van der Waals surface area contributed by atoms with Crippen LogP contribution in [0.15, 0.2) is 42.5 Å². The molecule has 0 unspecified atom stereocenters. The summed E-state index contributed by atoms with van der Waals surface area (Å²) >= 11 is 7.03. The minimum Gasteiger partial charge on any atom is -0.207 e. The highest BCUT2D eigenvalue weighted by Crippen LogP contribution is 2.35. The Hall–Kier alpha value is -0.740. The van der Waals surface area contributed by atoms with Crippen LogP contribution in [0, 0.1) is 18.6 Å². The average molecular weight is 418 g/mol. The van der Waals surface area contributed by atoms with E-state index in [2.05, 4.69) is 31.9 Å². The average Bonchev–Trinajstić information content (AvgIpc) is 2.49. The first kappa shape index (κ1) is 16.6. The molecule has 21 heavy (non-hydrogen) atoms. The van der Waals surface area contributed by atoms with E-state index in [4.69, 9.17) is 0 Å². The van der Waals surface area contributed by atoms with Crippen LogP contribution in [0.25, 0.3) is 0 Å². The van der Waals surface area contributed by atoms with Crippen molar-refractivity contribution < 1.29 is 8.78 Å². The maximum atomic E-state index is 14.2. The van der Waals surface area contributed by atoms with E-state index in [0.29, 0.717) is 22.6 Å². The maximum Gasteiger partial charge on any atom is 0.127 e. The predicted octanol–water partition coefficient (Wildman–Crippen LogP) is 5.54. The highest BCUT2D eigenvalue weighted by Gasteiger charge is 2.33. The smallest absolute Gasteiger partial charge is 0.127 e. The van der Waals surface area contributed by atoms with Gasteiger partial charge in [0.1, 0.15) is 11.6 Å². The molecule has 4 heteroatoms. The fourth-order valence-electron chi connectivity index (χ4n) is 2.46. The van der Waals surface area contributed by atoms with Crippen molar-refractivity contribution in [2.24, 2.45) is 0 Å². The predicted molar refractivity (Wildman–Crippen MR) is 90.5 cm³/mol. The van der Waals surface area contributed by atoms with Gasteiger partial charge in [-0.05, 0) is 48.2 Å². The minimum atomic E-state index is -0.454. The van der Waals surface area contributed by atoms with E-state index in [-0.39, 0.29) is 11.6 Å². The molecular formula is C17H16Br2F2. The molecule has 2 aromatic carbocycles. The standard InChI is InChI=1S/C17H16Br2F2/c1-12-6-7-14(20)8-13(12)9-17(10-18,11-19)15-4-2-3-5-16(15)21/h2-8H,9-11H2,1H3. The van der Waals surface area contributed by atoms with Crippen LogP contribution in [-0.2, 0) is 11.8 Å². The second kappa shape index (κ2) is 7.01. The number of hydrogen-bond donors (Lipinski definition) is 0. The second-order valence-corrected chi connectivity index (χ2v) is 6.40. The van der Waals surface area contributed by atoms with Crippen molar-refractivity contribution in [2.75, 3.05) is 10.7 Å². The molecule has 0 heterocycles. The molecule has 0 N–H and O–H groups in total. The summed E-state index contributed by atoms with van der Waals surface area (Å²) in [7, 11) is 0. The highest BCUT2D eigenvalue weighted by atomic mass is 79.9. The van der Waals surface area contributed by atoms with Gasteiger partial charge in [0, 0.05) is 16.1 Å². The normalized spacial score (nSPS) is 11.7. The topological polar surface area (TPSA) is 0 Å². The lowest BCUT2D eigenvalue weighted by Gasteiger charge is -2.32. The molecule has 0 atom stereocenters. The fraction of sp³-hybridized carbons (Fsp3) is 0.294. The van der Waals surface area contributed by atoms with E-state index < -0.39 is 5.41 Å². The number of halogens is 4. The summed E-state index contributed by atoms with van der Waals surface area (Å²) in [6, 6.07) is 11.5. The summed E-state index contributed by atoms with van der Waals surface area (Å²) in [5.41, 5.74) is 2.10. The van der Waals surface area contributed by atoms with E-state index in [9.17, 15) is 8.78 Å². The zero-order valence-electron chi connectivity index (χ0n) is 11.7. The van der Waals surface area contributed by atoms with Gasteiger partial charge in [-0.2, -0.15) is 0 Å². The van der Waals surface area contributed by atoms with E-state index in [1.165, 1.54) is 18.2 Å². The minimum absolute atomic E-state index is 0.231. The van der Waals surface area contributed by atoms with Crippen LogP contribution >= 0.6 is 31.9 Å². The van der Waals surface area contributed by atoms with Crippen molar-refractivity contribution in [3.63, 3.8) is 0 Å². The third kappa shape index (κ3) is 3.54. The Balaban J connectivity index is 2.48. The highest BCUT2D eigenvalue weighted by molar-refractivity contribution is 9.09. The molecule has 0 spiro atoms. The summed E-state index contributed by atoms with van der Waals surface area (Å²) < 4.78 is 27.7. The Labute approximate surface area is 140 Å². The first-order chi connectivity index (χ1) is 10.0. The van der Waals surface area contributed by atoms with Crippen molar-refractivity contribution in [3.8, 4) is 0 Å². The second-order valence-electron chi connectivity index (χ2n) is 5.28. The summed E-state index contributed by atoms with van der Waals surface area (Å²) in [4.78, 5) is 0. The van der Waals surface area contributed by atoms with Crippen LogP contribution in [0.3, 0.4) is 0 Å². The fourth-order valence-corrected chi connectivity index (χ4v) is 4.38. The Morgan fingerprint density at radius 1 is 1.00 bits per heavy atom. The molecule has 112 valence electrons. The first-order valence-corrected chi connectivity index (χ1v) is 8.89. The van der Waals surface area contributed by atoms with Gasteiger partial charge in [0.2, 0.25) is 0 Å². The van der Waals surface area contributed by atoms with Crippen LogP contribution < -0.4 is 0 Å². The molecule has 0 nitrogen and oxygen atoms in total. The van der Waals surface area contributed by atoms with E-state index in [1.54, 1.807) is 18.2 Å². The molecule has 2 rings (SSSR count). The van der Waals surface area contributed by atoms with Crippen LogP contribution in [-0.4, -0.2) is 10.7 Å². The van der Waals surface area contributed by atoms with Gasteiger partial charge in [-0.3, -0.25) is 0 Å². The van der Waals surface area contributed by atoms with Crippen molar-refractivity contribution in [2.45, 2.75) is 18.8 Å². The zero-order chi connectivity index (χ0) is 15.5. The Bertz CT molecular complexity index is 622. The first-order valence-electron chi connectivity index (χ1n) is 6.64. The van der Waals surface area contributed by atoms with Crippen LogP contribution in [0.5, 0.6) is 0 Å². The van der Waals surface area contributed by atoms with E-state index >= 15 is 0 Å². The molecule has 2 aromatic rings. The lowest BCUT2D eigenvalue weighted by molar-refractivity contribution is 0.498. The Morgan fingerprint density at radius 3 is 2.29 bits per heavy atom. The Morgan fingerprint density at radius 2 is 1.67 bits per heavy atom. The van der Waals surface area contributed by atoms with Gasteiger partial charge in [-0.25, -0.2) is 8.78 Å². The Kier molecular flexibility index (Phi) is 5.55. The quantitative estimate of drug-likeness (QED) is 0.560. The lowest BCUT2D eigenvalue weighted by Crippen LogP contribution is -2.34. The van der Waals surface area contributed by atoms with Crippen LogP contribution in [0.2, 0.25) is 0 Å². The van der Waals surface area contributed by atoms with Gasteiger partial charge >= 0.3 is 0 Å². The zero-order valence-corrected chi connectivity index (χ0v) is 14.8. The summed E-state index contributed by atoms with van der Waals surface area (Å²) in [5.74, 6) is -0.493. The van der Waals surface area contributed by atoms with Crippen molar-refractivity contribution in [3.05, 3.63) is 70.8 Å². The van der Waals surface area contributed by atoms with Gasteiger partial charge in [-0.1, -0.05) is 56.1 Å². The third-order valence-corrected chi connectivity index (χ3v) is 5.94. The molecule has 0 aliphatic carbocycles. The van der Waals surface area contributed by atoms with E-state index in [1.807, 2.05) is 13.0 Å². The molecule has 0 aliphatic rings. The van der Waals surface area contributed by atoms with Gasteiger partial charge in [0.15, 0.2) is 0 Å². The molecule has 0 fully saturated rings. The largest absolute Gasteiger partial charge is 0.207 e. The van der Waals surface area contributed by atoms with Gasteiger partial charge < -0.3 is 0 Å². The van der Waals surface area contributed by atoms with Crippen molar-refractivity contribution in [1.29, 1.82) is 0 Å². The number of alkyl halides is 2. The molecule has 0 aromatic heterocycles. The molecule has 0 bridgehead atoms. The molecule has 0 saturated heterocycles. The molecule has 0 saturated carbocycles. The van der Waals surface area contributed by atoms with Gasteiger partial charge in [-0.15, -0.1) is 0 Å². The molecule has 0 amide bonds. The van der Waals surface area contributed by atoms with Gasteiger partial charge in [0.05, 0.1) is 0 Å². The number of rotatable bonds is 5. The molecular weight excluding hydrogens is 402 g/mol. The summed E-state index contributed by atoms with van der Waals surface area (Å²) in [6.07, 6.45) is 0.564. The van der Waals surface area contributed by atoms with Crippen LogP contribution in [0.1, 0.15) is 16.7 Å². The van der Waals surface area contributed by atoms with E-state index in [0.717, 1.165) is 11.1 Å². The summed E-state index contributed by atoms with van der Waals surface area (Å²) in [5, 5.41) is 1.17. The van der Waals surface area contributed by atoms with Crippen molar-refractivity contribution in [1.82, 2.24) is 0 Å². The monoisotopic (exact) mass is 416 g/mol. The molecule has 0 radical (unpaired) electrons. The lowest BCUT2D eigenvalue weighted by atomic mass is 9.78. The SMILES string of the molecule is Cc1ccc(F)cc1CC(CBr)(CBr)c1ccccc1F. The molecule has 0 aliphatic heterocycles.